The van der Waals surface area contributed by atoms with E-state index in [1.54, 1.807) is 6.92 Å². The first-order chi connectivity index (χ1) is 12.1. The zero-order valence-corrected chi connectivity index (χ0v) is 17.2. The molecule has 3 unspecified atom stereocenters. The highest BCUT2D eigenvalue weighted by Crippen LogP contribution is 2.27. The summed E-state index contributed by atoms with van der Waals surface area (Å²) in [5, 5.41) is 2.08. The lowest BCUT2D eigenvalue weighted by molar-refractivity contribution is -0.144. The van der Waals surface area contributed by atoms with Crippen LogP contribution < -0.4 is 5.32 Å². The molecule has 0 aromatic heterocycles. The summed E-state index contributed by atoms with van der Waals surface area (Å²) in [5.41, 5.74) is 2.19. The van der Waals surface area contributed by atoms with E-state index in [-0.39, 0.29) is 16.9 Å². The van der Waals surface area contributed by atoms with Crippen molar-refractivity contribution in [2.75, 3.05) is 7.11 Å². The van der Waals surface area contributed by atoms with Crippen molar-refractivity contribution in [3.05, 3.63) is 35.4 Å². The monoisotopic (exact) mass is 379 g/mol. The van der Waals surface area contributed by atoms with E-state index in [0.29, 0.717) is 5.92 Å². The molecule has 6 heteroatoms. The predicted molar refractivity (Wildman–Crippen MR) is 105 cm³/mol. The Labute approximate surface area is 160 Å². The average molecular weight is 380 g/mol. The average Bonchev–Trinajstić information content (AvgIpc) is 2.58. The highest BCUT2D eigenvalue weighted by Gasteiger charge is 2.30. The Balaban J connectivity index is 2.77. The molecule has 1 N–H and O–H groups in total. The molecule has 0 aliphatic heterocycles. The highest BCUT2D eigenvalue weighted by atomic mass is 32.2. The van der Waals surface area contributed by atoms with Crippen molar-refractivity contribution in [3.8, 4) is 0 Å². The van der Waals surface area contributed by atoms with Crippen LogP contribution in [0.5, 0.6) is 0 Å². The minimum absolute atomic E-state index is 0.0478. The second-order valence-electron chi connectivity index (χ2n) is 6.90. The van der Waals surface area contributed by atoms with Crippen molar-refractivity contribution in [1.29, 1.82) is 0 Å². The number of nitrogens with one attached hydrogen (secondary N) is 1. The maximum absolute atomic E-state index is 12.6. The molecular formula is C20H29NO4S. The smallest absolute Gasteiger partial charge is 0.329 e. The first-order valence-electron chi connectivity index (χ1n) is 8.80. The van der Waals surface area contributed by atoms with Gasteiger partial charge in [0.05, 0.1) is 13.0 Å². The molecule has 0 saturated heterocycles. The zero-order valence-electron chi connectivity index (χ0n) is 16.4. The van der Waals surface area contributed by atoms with E-state index < -0.39 is 17.3 Å². The summed E-state index contributed by atoms with van der Waals surface area (Å²) in [7, 11) is 1.26. The summed E-state index contributed by atoms with van der Waals surface area (Å²) in [4.78, 5) is 35.8. The van der Waals surface area contributed by atoms with Gasteiger partial charge in [-0.15, -0.1) is 0 Å². The number of carbonyl (C=O) groups excluding carboxylic acids is 3. The molecule has 0 heterocycles. The lowest BCUT2D eigenvalue weighted by Crippen LogP contribution is -2.46. The highest BCUT2D eigenvalue weighted by molar-refractivity contribution is 8.14. The standard InChI is InChI=1S/C20H29NO4S/c1-12(2)11-16-7-9-17(10-8-16)13(3)20(24)26-14(4)18(19(23)25-6)21-15(5)22/h7-10,12-14,18H,11H2,1-6H3,(H,21,22). The molecule has 144 valence electrons. The van der Waals surface area contributed by atoms with Gasteiger partial charge in [0.1, 0.15) is 6.04 Å². The Kier molecular flexibility index (Phi) is 8.85. The second kappa shape index (κ2) is 10.4. The number of carbonyl (C=O) groups is 3. The summed E-state index contributed by atoms with van der Waals surface area (Å²) < 4.78 is 4.73. The van der Waals surface area contributed by atoms with E-state index >= 15 is 0 Å². The van der Waals surface area contributed by atoms with Crippen LogP contribution in [0.4, 0.5) is 0 Å². The van der Waals surface area contributed by atoms with Gasteiger partial charge in [0.2, 0.25) is 5.91 Å². The number of amides is 1. The summed E-state index contributed by atoms with van der Waals surface area (Å²) in [6.45, 7) is 9.26. The quantitative estimate of drug-likeness (QED) is 0.702. The summed E-state index contributed by atoms with van der Waals surface area (Å²) in [6.07, 6.45) is 1.01. The van der Waals surface area contributed by atoms with Crippen LogP contribution in [0.15, 0.2) is 24.3 Å². The molecule has 0 fully saturated rings. The van der Waals surface area contributed by atoms with E-state index in [1.807, 2.05) is 19.1 Å². The molecular weight excluding hydrogens is 350 g/mol. The molecule has 0 saturated carbocycles. The Morgan fingerprint density at radius 1 is 1.08 bits per heavy atom. The first-order valence-corrected chi connectivity index (χ1v) is 9.67. The van der Waals surface area contributed by atoms with Gasteiger partial charge in [-0.05, 0) is 23.5 Å². The van der Waals surface area contributed by atoms with E-state index in [4.69, 9.17) is 4.74 Å². The second-order valence-corrected chi connectivity index (χ2v) is 8.29. The van der Waals surface area contributed by atoms with Crippen LogP contribution in [-0.2, 0) is 25.5 Å². The molecule has 0 spiro atoms. The number of hydrogen-bond donors (Lipinski definition) is 1. The van der Waals surface area contributed by atoms with E-state index in [0.717, 1.165) is 23.7 Å². The van der Waals surface area contributed by atoms with Crippen LogP contribution in [-0.4, -0.2) is 35.4 Å². The SMILES string of the molecule is COC(=O)C(NC(C)=O)C(C)SC(=O)C(C)c1ccc(CC(C)C)cc1. The molecule has 3 atom stereocenters. The van der Waals surface area contributed by atoms with Crippen molar-refractivity contribution >= 4 is 28.8 Å². The van der Waals surface area contributed by atoms with Crippen LogP contribution in [0.3, 0.4) is 0 Å². The van der Waals surface area contributed by atoms with Crippen molar-refractivity contribution in [1.82, 2.24) is 5.32 Å². The molecule has 1 aromatic rings. The molecule has 1 amide bonds. The Morgan fingerprint density at radius 2 is 1.65 bits per heavy atom. The van der Waals surface area contributed by atoms with E-state index in [1.165, 1.54) is 19.6 Å². The van der Waals surface area contributed by atoms with Gasteiger partial charge in [0, 0.05) is 12.2 Å². The van der Waals surface area contributed by atoms with Crippen LogP contribution in [0, 0.1) is 5.92 Å². The fraction of sp³-hybridized carbons (Fsp3) is 0.550. The third-order valence-electron chi connectivity index (χ3n) is 4.06. The summed E-state index contributed by atoms with van der Waals surface area (Å²) in [6, 6.07) is 7.23. The molecule has 0 aliphatic carbocycles. The third kappa shape index (κ3) is 6.83. The van der Waals surface area contributed by atoms with E-state index in [2.05, 4.69) is 31.3 Å². The molecule has 1 aromatic carbocycles. The van der Waals surface area contributed by atoms with Gasteiger partial charge in [-0.25, -0.2) is 4.79 Å². The Bertz CT molecular complexity index is 627. The molecule has 5 nitrogen and oxygen atoms in total. The van der Waals surface area contributed by atoms with Crippen LogP contribution in [0.25, 0.3) is 0 Å². The van der Waals surface area contributed by atoms with Gasteiger partial charge in [-0.1, -0.05) is 63.7 Å². The van der Waals surface area contributed by atoms with Crippen LogP contribution in [0.1, 0.15) is 51.7 Å². The number of benzene rings is 1. The van der Waals surface area contributed by atoms with Gasteiger partial charge < -0.3 is 10.1 Å². The summed E-state index contributed by atoms with van der Waals surface area (Å²) in [5.74, 6) is -0.612. The maximum Gasteiger partial charge on any atom is 0.329 e. The lowest BCUT2D eigenvalue weighted by atomic mass is 9.97. The third-order valence-corrected chi connectivity index (χ3v) is 5.29. The minimum Gasteiger partial charge on any atom is -0.467 e. The number of methoxy groups -OCH3 is 1. The number of esters is 1. The van der Waals surface area contributed by atoms with Gasteiger partial charge in [0.15, 0.2) is 5.12 Å². The fourth-order valence-corrected chi connectivity index (χ4v) is 3.64. The molecule has 0 aliphatic rings. The number of thioether (sulfide) groups is 1. The molecule has 1 rings (SSSR count). The Hall–Kier alpha value is -1.82. The largest absolute Gasteiger partial charge is 0.467 e. The van der Waals surface area contributed by atoms with Crippen molar-refractivity contribution in [2.45, 2.75) is 58.2 Å². The van der Waals surface area contributed by atoms with Crippen molar-refractivity contribution in [2.24, 2.45) is 5.92 Å². The van der Waals surface area contributed by atoms with Crippen molar-refractivity contribution in [3.63, 3.8) is 0 Å². The molecule has 0 bridgehead atoms. The number of rotatable bonds is 8. The van der Waals surface area contributed by atoms with Gasteiger partial charge in [-0.2, -0.15) is 0 Å². The van der Waals surface area contributed by atoms with Gasteiger partial charge >= 0.3 is 5.97 Å². The summed E-state index contributed by atoms with van der Waals surface area (Å²) >= 11 is 1.06. The number of hydrogen-bond acceptors (Lipinski definition) is 5. The van der Waals surface area contributed by atoms with Crippen LogP contribution >= 0.6 is 11.8 Å². The number of ether oxygens (including phenoxy) is 1. The van der Waals surface area contributed by atoms with Gasteiger partial charge in [-0.3, -0.25) is 9.59 Å². The fourth-order valence-electron chi connectivity index (χ4n) is 2.62. The molecule has 26 heavy (non-hydrogen) atoms. The normalized spacial score (nSPS) is 14.4. The van der Waals surface area contributed by atoms with Crippen LogP contribution in [0.2, 0.25) is 0 Å². The topological polar surface area (TPSA) is 72.5 Å². The zero-order chi connectivity index (χ0) is 19.9. The van der Waals surface area contributed by atoms with Gasteiger partial charge in [0.25, 0.3) is 0 Å². The first kappa shape index (κ1) is 22.2. The maximum atomic E-state index is 12.6. The lowest BCUT2D eigenvalue weighted by Gasteiger charge is -2.22. The minimum atomic E-state index is -0.855. The van der Waals surface area contributed by atoms with Crippen molar-refractivity contribution < 1.29 is 19.1 Å². The predicted octanol–water partition coefficient (Wildman–Crippen LogP) is 3.31. The van der Waals surface area contributed by atoms with E-state index in [9.17, 15) is 14.4 Å². The molecule has 0 radical (unpaired) electrons. The Morgan fingerprint density at radius 3 is 2.12 bits per heavy atom.